The van der Waals surface area contributed by atoms with Crippen LogP contribution in [0.15, 0.2) is 45.6 Å². The molecule has 1 saturated heterocycles. The van der Waals surface area contributed by atoms with E-state index in [1.807, 2.05) is 31.2 Å². The Bertz CT molecular complexity index is 1470. The Balaban J connectivity index is 1.44. The number of aryl methyl sites for hydroxylation is 1. The molecule has 1 aliphatic heterocycles. The van der Waals surface area contributed by atoms with Crippen molar-refractivity contribution in [3.8, 4) is 16.3 Å². The minimum atomic E-state index is -0.0904. The lowest BCUT2D eigenvalue weighted by Gasteiger charge is -2.40. The van der Waals surface area contributed by atoms with E-state index in [1.54, 1.807) is 12.1 Å². The Morgan fingerprint density at radius 1 is 1.18 bits per heavy atom. The third-order valence-corrected chi connectivity index (χ3v) is 8.76. The summed E-state index contributed by atoms with van der Waals surface area (Å²) in [4.78, 5) is 20.8. The Morgan fingerprint density at radius 3 is 2.76 bits per heavy atom. The molecule has 176 valence electrons. The fraction of sp³-hybridized carbons (Fsp3) is 0.429. The van der Waals surface area contributed by atoms with Gasteiger partial charge in [0.05, 0.1) is 26.7 Å². The molecule has 6 rings (SSSR count). The molecular formula is C28H30N2O3S. The minimum Gasteiger partial charge on any atom is -0.507 e. The van der Waals surface area contributed by atoms with Gasteiger partial charge < -0.3 is 9.52 Å². The molecule has 0 amide bonds. The predicted octanol–water partition coefficient (Wildman–Crippen LogP) is 6.48. The molecule has 34 heavy (non-hydrogen) atoms. The van der Waals surface area contributed by atoms with Gasteiger partial charge in [0.2, 0.25) is 5.43 Å². The number of aromatic nitrogens is 1. The second kappa shape index (κ2) is 7.40. The normalized spacial score (nSPS) is 24.3. The largest absolute Gasteiger partial charge is 0.507 e. The summed E-state index contributed by atoms with van der Waals surface area (Å²) in [6, 6.07) is 11.7. The van der Waals surface area contributed by atoms with Crippen molar-refractivity contribution in [1.82, 2.24) is 9.88 Å². The number of fused-ring (bicyclic) bond motifs is 4. The first-order chi connectivity index (χ1) is 16.1. The van der Waals surface area contributed by atoms with Crippen LogP contribution in [0.4, 0.5) is 0 Å². The van der Waals surface area contributed by atoms with Crippen LogP contribution in [-0.2, 0) is 6.54 Å². The van der Waals surface area contributed by atoms with Crippen molar-refractivity contribution in [2.45, 2.75) is 59.5 Å². The molecule has 2 fully saturated rings. The SMILES string of the molecule is Cc1oc2c(CN3C[C@@]4(C)C[C@@H]3CC(C)(C)C4)c(O)ccc2c(=O)c1-c1nc2ccccc2s1. The highest BCUT2D eigenvalue weighted by Gasteiger charge is 2.49. The zero-order chi connectivity index (χ0) is 23.8. The van der Waals surface area contributed by atoms with E-state index in [0.717, 1.165) is 23.2 Å². The van der Waals surface area contributed by atoms with Crippen molar-refractivity contribution in [3.63, 3.8) is 0 Å². The van der Waals surface area contributed by atoms with Crippen LogP contribution in [0, 0.1) is 17.8 Å². The molecule has 4 aromatic rings. The summed E-state index contributed by atoms with van der Waals surface area (Å²) in [5.41, 5.74) is 3.13. The quantitative estimate of drug-likeness (QED) is 0.368. The lowest BCUT2D eigenvalue weighted by atomic mass is 9.65. The molecule has 1 saturated carbocycles. The van der Waals surface area contributed by atoms with Crippen LogP contribution in [-0.4, -0.2) is 27.6 Å². The summed E-state index contributed by atoms with van der Waals surface area (Å²) in [5.74, 6) is 0.727. The molecule has 2 atom stereocenters. The minimum absolute atomic E-state index is 0.0904. The first-order valence-electron chi connectivity index (χ1n) is 12.0. The maximum atomic E-state index is 13.7. The van der Waals surface area contributed by atoms with E-state index in [-0.39, 0.29) is 11.2 Å². The first kappa shape index (κ1) is 21.8. The molecule has 0 unspecified atom stereocenters. The average molecular weight is 475 g/mol. The molecule has 2 bridgehead atoms. The van der Waals surface area contributed by atoms with Crippen molar-refractivity contribution in [2.24, 2.45) is 10.8 Å². The zero-order valence-corrected chi connectivity index (χ0v) is 21.0. The van der Waals surface area contributed by atoms with E-state index in [2.05, 4.69) is 25.7 Å². The average Bonchev–Trinajstić information content (AvgIpc) is 3.27. The Labute approximate surface area is 203 Å². The van der Waals surface area contributed by atoms with Crippen molar-refractivity contribution in [1.29, 1.82) is 0 Å². The van der Waals surface area contributed by atoms with E-state index in [9.17, 15) is 9.90 Å². The molecule has 0 radical (unpaired) electrons. The summed E-state index contributed by atoms with van der Waals surface area (Å²) in [7, 11) is 0. The van der Waals surface area contributed by atoms with Crippen LogP contribution in [0.2, 0.25) is 0 Å². The predicted molar refractivity (Wildman–Crippen MR) is 137 cm³/mol. The number of likely N-dealkylation sites (tertiary alicyclic amines) is 1. The van der Waals surface area contributed by atoms with Crippen LogP contribution in [0.5, 0.6) is 5.75 Å². The van der Waals surface area contributed by atoms with Crippen molar-refractivity contribution in [2.75, 3.05) is 6.54 Å². The fourth-order valence-electron chi connectivity index (χ4n) is 6.76. The van der Waals surface area contributed by atoms with Gasteiger partial charge in [0.1, 0.15) is 22.1 Å². The lowest BCUT2D eigenvalue weighted by Crippen LogP contribution is -2.34. The number of rotatable bonds is 3. The molecule has 3 heterocycles. The number of nitrogens with zero attached hydrogens (tertiary/aromatic N) is 2. The van der Waals surface area contributed by atoms with Gasteiger partial charge in [0.25, 0.3) is 0 Å². The van der Waals surface area contributed by atoms with E-state index < -0.39 is 0 Å². The molecule has 2 aliphatic rings. The topological polar surface area (TPSA) is 66.6 Å². The number of hydrogen-bond donors (Lipinski definition) is 1. The van der Waals surface area contributed by atoms with Gasteiger partial charge in [-0.15, -0.1) is 11.3 Å². The van der Waals surface area contributed by atoms with Crippen LogP contribution in [0.3, 0.4) is 0 Å². The Kier molecular flexibility index (Phi) is 4.74. The third-order valence-electron chi connectivity index (χ3n) is 7.71. The number of benzene rings is 2. The van der Waals surface area contributed by atoms with Crippen LogP contribution in [0.1, 0.15) is 51.4 Å². The van der Waals surface area contributed by atoms with Gasteiger partial charge in [-0.2, -0.15) is 0 Å². The van der Waals surface area contributed by atoms with E-state index in [4.69, 9.17) is 9.40 Å². The van der Waals surface area contributed by atoms with Gasteiger partial charge >= 0.3 is 0 Å². The molecule has 1 N–H and O–H groups in total. The van der Waals surface area contributed by atoms with Crippen molar-refractivity contribution < 1.29 is 9.52 Å². The summed E-state index contributed by atoms with van der Waals surface area (Å²) in [6.45, 7) is 10.5. The molecule has 5 nitrogen and oxygen atoms in total. The number of hydrogen-bond acceptors (Lipinski definition) is 6. The third kappa shape index (κ3) is 3.46. The van der Waals surface area contributed by atoms with E-state index in [0.29, 0.717) is 56.3 Å². The highest BCUT2D eigenvalue weighted by atomic mass is 32.1. The monoisotopic (exact) mass is 474 g/mol. The van der Waals surface area contributed by atoms with Gasteiger partial charge in [0, 0.05) is 19.1 Å². The van der Waals surface area contributed by atoms with Gasteiger partial charge in [0.15, 0.2) is 0 Å². The van der Waals surface area contributed by atoms with Gasteiger partial charge in [-0.05, 0) is 61.3 Å². The summed E-state index contributed by atoms with van der Waals surface area (Å²) in [6.07, 6.45) is 3.56. The standard InChI is InChI=1S/C28H30N2O3S/c1-16-23(26-29-20-7-5-6-8-22(20)34-26)24(32)18-9-10-21(31)19(25(18)33-16)13-30-15-28(4)12-17(30)11-27(2,3)14-28/h5-10,17,31H,11-15H2,1-4H3/t17-,28-/m0/s1. The van der Waals surface area contributed by atoms with E-state index >= 15 is 0 Å². The summed E-state index contributed by atoms with van der Waals surface area (Å²) in [5, 5.41) is 12.0. The molecule has 1 aliphatic carbocycles. The zero-order valence-electron chi connectivity index (χ0n) is 20.1. The molecule has 6 heteroatoms. The highest BCUT2D eigenvalue weighted by molar-refractivity contribution is 7.21. The maximum absolute atomic E-state index is 13.7. The first-order valence-corrected chi connectivity index (χ1v) is 12.8. The van der Waals surface area contributed by atoms with E-state index in [1.165, 1.54) is 24.2 Å². The Hall–Kier alpha value is -2.70. The van der Waals surface area contributed by atoms with Crippen molar-refractivity contribution >= 4 is 32.5 Å². The molecular weight excluding hydrogens is 444 g/mol. The number of para-hydroxylation sites is 1. The second-order valence-corrected chi connectivity index (χ2v) is 12.4. The van der Waals surface area contributed by atoms with Crippen LogP contribution in [0.25, 0.3) is 31.8 Å². The van der Waals surface area contributed by atoms with Gasteiger partial charge in [-0.25, -0.2) is 4.98 Å². The fourth-order valence-corrected chi connectivity index (χ4v) is 7.81. The smallest absolute Gasteiger partial charge is 0.203 e. The van der Waals surface area contributed by atoms with Crippen molar-refractivity contribution in [3.05, 3.63) is 57.9 Å². The van der Waals surface area contributed by atoms with Gasteiger partial charge in [-0.3, -0.25) is 9.69 Å². The second-order valence-electron chi connectivity index (χ2n) is 11.4. The molecule has 2 aromatic carbocycles. The molecule has 0 spiro atoms. The van der Waals surface area contributed by atoms with Crippen LogP contribution >= 0.6 is 11.3 Å². The highest BCUT2D eigenvalue weighted by Crippen LogP contribution is 2.53. The number of thiazole rings is 1. The maximum Gasteiger partial charge on any atom is 0.203 e. The van der Waals surface area contributed by atoms with Gasteiger partial charge in [-0.1, -0.05) is 32.9 Å². The lowest BCUT2D eigenvalue weighted by molar-refractivity contribution is 0.126. The number of phenolic OH excluding ortho intramolecular Hbond substituents is 1. The number of aromatic hydroxyl groups is 1. The summed E-state index contributed by atoms with van der Waals surface area (Å²) >= 11 is 1.50. The summed E-state index contributed by atoms with van der Waals surface area (Å²) < 4.78 is 7.34. The number of phenols is 1. The Morgan fingerprint density at radius 2 is 1.97 bits per heavy atom. The van der Waals surface area contributed by atoms with Crippen LogP contribution < -0.4 is 5.43 Å². The molecule has 2 aromatic heterocycles.